The van der Waals surface area contributed by atoms with E-state index in [1.807, 2.05) is 25.3 Å². The first kappa shape index (κ1) is 17.7. The summed E-state index contributed by atoms with van der Waals surface area (Å²) in [6, 6.07) is 5.96. The van der Waals surface area contributed by atoms with E-state index in [0.29, 0.717) is 5.92 Å². The number of hydrogen-bond acceptors (Lipinski definition) is 7. The predicted molar refractivity (Wildman–Crippen MR) is 102 cm³/mol. The second-order valence-electron chi connectivity index (χ2n) is 7.22. The maximum Gasteiger partial charge on any atom is 0.159 e. The van der Waals surface area contributed by atoms with Crippen molar-refractivity contribution >= 4 is 5.82 Å². The molecule has 0 saturated carbocycles. The molecule has 0 aromatic carbocycles. The van der Waals surface area contributed by atoms with Crippen LogP contribution in [-0.4, -0.2) is 56.0 Å². The second-order valence-corrected chi connectivity index (χ2v) is 7.22. The molecule has 0 unspecified atom stereocenters. The van der Waals surface area contributed by atoms with E-state index in [1.54, 1.807) is 10.9 Å². The molecule has 8 nitrogen and oxygen atoms in total. The molecular formula is C19H25N7O. The number of anilines is 1. The van der Waals surface area contributed by atoms with Gasteiger partial charge in [0.2, 0.25) is 0 Å². The Hall–Kier alpha value is -2.74. The molecule has 1 aliphatic rings. The van der Waals surface area contributed by atoms with E-state index in [4.69, 9.17) is 4.52 Å². The lowest BCUT2D eigenvalue weighted by molar-refractivity contribution is 0.219. The minimum absolute atomic E-state index is 0.393. The van der Waals surface area contributed by atoms with E-state index in [-0.39, 0.29) is 0 Å². The Morgan fingerprint density at radius 1 is 1.07 bits per heavy atom. The van der Waals surface area contributed by atoms with Crippen molar-refractivity contribution in [3.05, 3.63) is 47.9 Å². The van der Waals surface area contributed by atoms with E-state index < -0.39 is 0 Å². The first-order valence-corrected chi connectivity index (χ1v) is 9.37. The van der Waals surface area contributed by atoms with Crippen LogP contribution in [0.2, 0.25) is 0 Å². The number of nitrogens with zero attached hydrogens (tertiary/aromatic N) is 7. The lowest BCUT2D eigenvalue weighted by Crippen LogP contribution is -2.46. The van der Waals surface area contributed by atoms with Crippen molar-refractivity contribution in [2.75, 3.05) is 31.1 Å². The number of piperazine rings is 1. The van der Waals surface area contributed by atoms with Crippen molar-refractivity contribution < 1.29 is 4.52 Å². The van der Waals surface area contributed by atoms with Gasteiger partial charge in [0.05, 0.1) is 12.2 Å². The highest BCUT2D eigenvalue weighted by molar-refractivity contribution is 5.44. The van der Waals surface area contributed by atoms with Crippen LogP contribution < -0.4 is 4.90 Å². The summed E-state index contributed by atoms with van der Waals surface area (Å²) in [6.07, 6.45) is 3.65. The third-order valence-corrected chi connectivity index (χ3v) is 4.79. The Morgan fingerprint density at radius 3 is 2.52 bits per heavy atom. The highest BCUT2D eigenvalue weighted by Crippen LogP contribution is 2.19. The van der Waals surface area contributed by atoms with E-state index >= 15 is 0 Å². The summed E-state index contributed by atoms with van der Waals surface area (Å²) in [5.74, 6) is 3.83. The Kier molecular flexibility index (Phi) is 4.89. The molecule has 3 aromatic rings. The van der Waals surface area contributed by atoms with Crippen molar-refractivity contribution in [3.63, 3.8) is 0 Å². The van der Waals surface area contributed by atoms with Gasteiger partial charge >= 0.3 is 0 Å². The minimum atomic E-state index is 0.393. The van der Waals surface area contributed by atoms with Gasteiger partial charge in [-0.25, -0.2) is 14.6 Å². The zero-order valence-corrected chi connectivity index (χ0v) is 16.0. The highest BCUT2D eigenvalue weighted by Gasteiger charge is 2.21. The molecule has 8 heteroatoms. The zero-order chi connectivity index (χ0) is 18.8. The standard InChI is InChI=1S/C19H25N7O/c1-14(2)17-11-16(27-23-17)13-24-7-9-25(10-8-24)18-12-19(22-15(3)21-18)26-6-4-5-20-26/h4-6,11-12,14H,7-10,13H2,1-3H3. The number of hydrogen-bond donors (Lipinski definition) is 0. The van der Waals surface area contributed by atoms with Gasteiger partial charge in [0.15, 0.2) is 11.6 Å². The molecule has 3 aromatic heterocycles. The molecular weight excluding hydrogens is 342 g/mol. The third-order valence-electron chi connectivity index (χ3n) is 4.79. The maximum absolute atomic E-state index is 5.48. The number of aryl methyl sites for hydroxylation is 1. The van der Waals surface area contributed by atoms with Gasteiger partial charge in [-0.1, -0.05) is 19.0 Å². The fraction of sp³-hybridized carbons (Fsp3) is 0.474. The molecule has 4 heterocycles. The molecule has 1 saturated heterocycles. The van der Waals surface area contributed by atoms with Crippen LogP contribution in [0, 0.1) is 6.92 Å². The topological polar surface area (TPSA) is 76.1 Å². The van der Waals surface area contributed by atoms with Crippen LogP contribution in [0.1, 0.15) is 37.0 Å². The van der Waals surface area contributed by atoms with Crippen LogP contribution >= 0.6 is 0 Å². The minimum Gasteiger partial charge on any atom is -0.360 e. The Labute approximate surface area is 158 Å². The zero-order valence-electron chi connectivity index (χ0n) is 16.0. The smallest absolute Gasteiger partial charge is 0.159 e. The van der Waals surface area contributed by atoms with Crippen LogP contribution in [0.25, 0.3) is 5.82 Å². The van der Waals surface area contributed by atoms with Crippen molar-refractivity contribution in [1.82, 2.24) is 29.8 Å². The molecule has 27 heavy (non-hydrogen) atoms. The van der Waals surface area contributed by atoms with Gasteiger partial charge in [0, 0.05) is 50.7 Å². The Balaban J connectivity index is 1.40. The molecule has 0 amide bonds. The molecule has 0 bridgehead atoms. The monoisotopic (exact) mass is 367 g/mol. The van der Waals surface area contributed by atoms with Gasteiger partial charge in [-0.3, -0.25) is 4.90 Å². The summed E-state index contributed by atoms with van der Waals surface area (Å²) >= 11 is 0. The SMILES string of the molecule is Cc1nc(N2CCN(Cc3cc(C(C)C)no3)CC2)cc(-n2cccn2)n1. The van der Waals surface area contributed by atoms with Gasteiger partial charge < -0.3 is 9.42 Å². The quantitative estimate of drug-likeness (QED) is 0.685. The van der Waals surface area contributed by atoms with Crippen molar-refractivity contribution in [3.8, 4) is 5.82 Å². The molecule has 0 radical (unpaired) electrons. The van der Waals surface area contributed by atoms with Crippen LogP contribution in [0.15, 0.2) is 35.1 Å². The normalized spacial score (nSPS) is 15.6. The molecule has 142 valence electrons. The van der Waals surface area contributed by atoms with E-state index in [9.17, 15) is 0 Å². The fourth-order valence-electron chi connectivity index (χ4n) is 3.25. The maximum atomic E-state index is 5.48. The summed E-state index contributed by atoms with van der Waals surface area (Å²) in [7, 11) is 0. The molecule has 1 aliphatic heterocycles. The summed E-state index contributed by atoms with van der Waals surface area (Å²) < 4.78 is 7.25. The molecule has 0 aliphatic carbocycles. The number of aromatic nitrogens is 5. The predicted octanol–water partition coefficient (Wildman–Crippen LogP) is 2.40. The summed E-state index contributed by atoms with van der Waals surface area (Å²) in [5.41, 5.74) is 1.02. The lowest BCUT2D eigenvalue weighted by Gasteiger charge is -2.35. The fourth-order valence-corrected chi connectivity index (χ4v) is 3.25. The summed E-state index contributed by atoms with van der Waals surface area (Å²) in [4.78, 5) is 13.8. The van der Waals surface area contributed by atoms with Crippen molar-refractivity contribution in [1.29, 1.82) is 0 Å². The summed E-state index contributed by atoms with van der Waals surface area (Å²) in [5, 5.41) is 8.42. The van der Waals surface area contributed by atoms with Gasteiger partial charge in [0.1, 0.15) is 11.6 Å². The van der Waals surface area contributed by atoms with Crippen molar-refractivity contribution in [2.24, 2.45) is 0 Å². The lowest BCUT2D eigenvalue weighted by atomic mass is 10.1. The largest absolute Gasteiger partial charge is 0.360 e. The van der Waals surface area contributed by atoms with Crippen LogP contribution in [0.4, 0.5) is 5.82 Å². The average molecular weight is 367 g/mol. The Bertz CT molecular complexity index is 879. The van der Waals surface area contributed by atoms with Crippen LogP contribution in [0.3, 0.4) is 0 Å². The van der Waals surface area contributed by atoms with Gasteiger partial charge in [-0.15, -0.1) is 0 Å². The first-order chi connectivity index (χ1) is 13.1. The first-order valence-electron chi connectivity index (χ1n) is 9.37. The van der Waals surface area contributed by atoms with Crippen LogP contribution in [-0.2, 0) is 6.54 Å². The van der Waals surface area contributed by atoms with Gasteiger partial charge in [-0.05, 0) is 18.9 Å². The average Bonchev–Trinajstić information content (AvgIpc) is 3.34. The molecule has 1 fully saturated rings. The summed E-state index contributed by atoms with van der Waals surface area (Å²) in [6.45, 7) is 10.7. The van der Waals surface area contributed by atoms with Crippen molar-refractivity contribution in [2.45, 2.75) is 33.2 Å². The molecule has 4 rings (SSSR count). The highest BCUT2D eigenvalue weighted by atomic mass is 16.5. The molecule has 0 N–H and O–H groups in total. The second kappa shape index (κ2) is 7.48. The van der Waals surface area contributed by atoms with Gasteiger partial charge in [-0.2, -0.15) is 5.10 Å². The van der Waals surface area contributed by atoms with E-state index in [1.165, 1.54) is 0 Å². The van der Waals surface area contributed by atoms with Gasteiger partial charge in [0.25, 0.3) is 0 Å². The van der Waals surface area contributed by atoms with E-state index in [2.05, 4.69) is 49.9 Å². The molecule has 0 atom stereocenters. The van der Waals surface area contributed by atoms with Crippen LogP contribution in [0.5, 0.6) is 0 Å². The number of rotatable bonds is 5. The molecule has 0 spiro atoms. The Morgan fingerprint density at radius 2 is 1.85 bits per heavy atom. The van der Waals surface area contributed by atoms with E-state index in [0.717, 1.165) is 61.6 Å². The third kappa shape index (κ3) is 4.00.